The monoisotopic (exact) mass is 420 g/mol. The minimum Gasteiger partial charge on any atom is -0.497 e. The average molecular weight is 421 g/mol. The van der Waals surface area contributed by atoms with E-state index in [1.54, 1.807) is 13.4 Å². The van der Waals surface area contributed by atoms with Gasteiger partial charge in [-0.15, -0.1) is 0 Å². The molecule has 1 aromatic heterocycles. The normalized spacial score (nSPS) is 14.9. The van der Waals surface area contributed by atoms with Crippen LogP contribution in [-0.2, 0) is 11.2 Å². The maximum absolute atomic E-state index is 12.7. The predicted octanol–water partition coefficient (Wildman–Crippen LogP) is 5.20. The van der Waals surface area contributed by atoms with Crippen molar-refractivity contribution >= 4 is 22.6 Å². The van der Waals surface area contributed by atoms with Crippen molar-refractivity contribution < 1.29 is 13.9 Å². The minimum atomic E-state index is 0.0669. The molecule has 0 aliphatic carbocycles. The van der Waals surface area contributed by atoms with Crippen LogP contribution in [0.4, 0.5) is 5.69 Å². The third kappa shape index (κ3) is 4.71. The van der Waals surface area contributed by atoms with Crippen LogP contribution in [-0.4, -0.2) is 32.1 Å². The van der Waals surface area contributed by atoms with Crippen molar-refractivity contribution in [3.63, 3.8) is 0 Å². The van der Waals surface area contributed by atoms with E-state index in [2.05, 4.69) is 55.3 Å². The number of benzene rings is 2. The van der Waals surface area contributed by atoms with E-state index in [0.29, 0.717) is 12.3 Å². The Kier molecular flexibility index (Phi) is 6.21. The summed E-state index contributed by atoms with van der Waals surface area (Å²) in [6.45, 7) is 8.37. The van der Waals surface area contributed by atoms with Gasteiger partial charge in [-0.05, 0) is 73.2 Å². The van der Waals surface area contributed by atoms with Crippen LogP contribution in [0, 0.1) is 6.92 Å². The summed E-state index contributed by atoms with van der Waals surface area (Å²) in [7, 11) is 1.68. The number of ether oxygens (including phenoxy) is 1. The smallest absolute Gasteiger partial charge is 0.224 e. The number of aryl methyl sites for hydroxylation is 1. The molecule has 0 radical (unpaired) electrons. The zero-order valence-electron chi connectivity index (χ0n) is 18.9. The molecule has 1 aliphatic heterocycles. The molecule has 31 heavy (non-hydrogen) atoms. The summed E-state index contributed by atoms with van der Waals surface area (Å²) in [6, 6.07) is 12.7. The molecule has 5 nitrogen and oxygen atoms in total. The lowest BCUT2D eigenvalue weighted by Gasteiger charge is -2.34. The Hall–Kier alpha value is -2.95. The minimum absolute atomic E-state index is 0.0669. The van der Waals surface area contributed by atoms with Crippen LogP contribution < -0.4 is 15.0 Å². The highest BCUT2D eigenvalue weighted by Gasteiger charge is 2.22. The number of anilines is 1. The van der Waals surface area contributed by atoms with Gasteiger partial charge in [0.25, 0.3) is 0 Å². The summed E-state index contributed by atoms with van der Waals surface area (Å²) < 4.78 is 11.0. The summed E-state index contributed by atoms with van der Waals surface area (Å²) in [6.07, 6.45) is 3.98. The van der Waals surface area contributed by atoms with Crippen molar-refractivity contribution in [2.24, 2.45) is 0 Å². The van der Waals surface area contributed by atoms with Crippen LogP contribution in [0.5, 0.6) is 5.75 Å². The summed E-state index contributed by atoms with van der Waals surface area (Å²) in [4.78, 5) is 15.1. The molecule has 5 heteroatoms. The highest BCUT2D eigenvalue weighted by molar-refractivity contribution is 5.88. The van der Waals surface area contributed by atoms with Gasteiger partial charge in [0.05, 0.1) is 19.8 Å². The lowest BCUT2D eigenvalue weighted by atomic mass is 9.95. The van der Waals surface area contributed by atoms with Gasteiger partial charge >= 0.3 is 0 Å². The lowest BCUT2D eigenvalue weighted by Crippen LogP contribution is -2.45. The van der Waals surface area contributed by atoms with Gasteiger partial charge in [0.1, 0.15) is 11.3 Å². The van der Waals surface area contributed by atoms with Gasteiger partial charge in [-0.1, -0.05) is 13.8 Å². The third-order valence-corrected chi connectivity index (χ3v) is 6.31. The Morgan fingerprint density at radius 2 is 1.90 bits per heavy atom. The number of nitrogens with one attached hydrogen (secondary N) is 1. The number of piperidine rings is 1. The Morgan fingerprint density at radius 1 is 1.19 bits per heavy atom. The SMILES string of the molecule is COc1ccc(N2CCC(NC(=O)Cc3coc4cc(C)c(C(C)C)cc34)CC2)cc1. The van der Waals surface area contributed by atoms with Crippen molar-refractivity contribution in [2.75, 3.05) is 25.1 Å². The van der Waals surface area contributed by atoms with E-state index in [0.717, 1.165) is 48.2 Å². The van der Waals surface area contributed by atoms with E-state index in [1.165, 1.54) is 16.8 Å². The molecule has 0 saturated carbocycles. The average Bonchev–Trinajstić information content (AvgIpc) is 3.14. The molecule has 164 valence electrons. The number of fused-ring (bicyclic) bond motifs is 1. The number of carbonyl (C=O) groups is 1. The van der Waals surface area contributed by atoms with Crippen LogP contribution in [0.2, 0.25) is 0 Å². The molecule has 4 rings (SSSR count). The Morgan fingerprint density at radius 3 is 2.55 bits per heavy atom. The van der Waals surface area contributed by atoms with Crippen molar-refractivity contribution in [1.29, 1.82) is 0 Å². The van der Waals surface area contributed by atoms with E-state index in [9.17, 15) is 4.79 Å². The second-order valence-corrected chi connectivity index (χ2v) is 8.82. The number of methoxy groups -OCH3 is 1. The number of furan rings is 1. The van der Waals surface area contributed by atoms with E-state index >= 15 is 0 Å². The fourth-order valence-electron chi connectivity index (χ4n) is 4.53. The summed E-state index contributed by atoms with van der Waals surface area (Å²) in [5.41, 5.74) is 5.56. The molecule has 0 atom stereocenters. The fraction of sp³-hybridized carbons (Fsp3) is 0.423. The molecule has 0 unspecified atom stereocenters. The first-order valence-electron chi connectivity index (χ1n) is 11.1. The molecule has 1 aliphatic rings. The van der Waals surface area contributed by atoms with Gasteiger partial charge in [0.2, 0.25) is 5.91 Å². The molecular formula is C26H32N2O3. The molecule has 1 N–H and O–H groups in total. The quantitative estimate of drug-likeness (QED) is 0.595. The van der Waals surface area contributed by atoms with Gasteiger partial charge in [0, 0.05) is 35.8 Å². The number of amides is 1. The van der Waals surface area contributed by atoms with Crippen molar-refractivity contribution in [1.82, 2.24) is 5.32 Å². The van der Waals surface area contributed by atoms with E-state index in [-0.39, 0.29) is 11.9 Å². The van der Waals surface area contributed by atoms with Crippen LogP contribution >= 0.6 is 0 Å². The van der Waals surface area contributed by atoms with E-state index < -0.39 is 0 Å². The van der Waals surface area contributed by atoms with Gasteiger partial charge in [-0.3, -0.25) is 4.79 Å². The van der Waals surface area contributed by atoms with E-state index in [1.807, 2.05) is 12.1 Å². The second-order valence-electron chi connectivity index (χ2n) is 8.82. The molecule has 1 fully saturated rings. The fourth-order valence-corrected chi connectivity index (χ4v) is 4.53. The van der Waals surface area contributed by atoms with Crippen molar-refractivity contribution in [3.05, 3.63) is 59.4 Å². The molecule has 1 amide bonds. The van der Waals surface area contributed by atoms with Crippen LogP contribution in [0.25, 0.3) is 11.0 Å². The van der Waals surface area contributed by atoms with E-state index in [4.69, 9.17) is 9.15 Å². The maximum atomic E-state index is 12.7. The van der Waals surface area contributed by atoms with Gasteiger partial charge in [0.15, 0.2) is 0 Å². The second kappa shape index (κ2) is 9.04. The summed E-state index contributed by atoms with van der Waals surface area (Å²) >= 11 is 0. The highest BCUT2D eigenvalue weighted by Crippen LogP contribution is 2.29. The zero-order valence-corrected chi connectivity index (χ0v) is 18.9. The first-order valence-corrected chi connectivity index (χ1v) is 11.1. The Bertz CT molecular complexity index is 1040. The third-order valence-electron chi connectivity index (χ3n) is 6.31. The molecule has 2 aromatic carbocycles. The van der Waals surface area contributed by atoms with Crippen LogP contribution in [0.3, 0.4) is 0 Å². The number of rotatable bonds is 6. The molecule has 3 aromatic rings. The highest BCUT2D eigenvalue weighted by atomic mass is 16.5. The first kappa shape index (κ1) is 21.3. The number of hydrogen-bond acceptors (Lipinski definition) is 4. The molecule has 0 spiro atoms. The van der Waals surface area contributed by atoms with Crippen LogP contribution in [0.15, 0.2) is 47.1 Å². The van der Waals surface area contributed by atoms with Gasteiger partial charge in [-0.2, -0.15) is 0 Å². The molecule has 1 saturated heterocycles. The maximum Gasteiger partial charge on any atom is 0.224 e. The number of nitrogens with zero attached hydrogens (tertiary/aromatic N) is 1. The molecule has 2 heterocycles. The van der Waals surface area contributed by atoms with Crippen LogP contribution in [0.1, 0.15) is 49.3 Å². The summed E-state index contributed by atoms with van der Waals surface area (Å²) in [5.74, 6) is 1.38. The lowest BCUT2D eigenvalue weighted by molar-refractivity contribution is -0.121. The standard InChI is InChI=1S/C26H32N2O3/c1-17(2)23-15-24-19(16-31-25(24)13-18(23)3)14-26(29)27-20-9-11-28(12-10-20)21-5-7-22(30-4)8-6-21/h5-8,13,15-17,20H,9-12,14H2,1-4H3,(H,27,29). The topological polar surface area (TPSA) is 54.7 Å². The van der Waals surface area contributed by atoms with Gasteiger partial charge in [-0.25, -0.2) is 0 Å². The number of carbonyl (C=O) groups excluding carboxylic acids is 1. The summed E-state index contributed by atoms with van der Waals surface area (Å²) in [5, 5.41) is 4.29. The van der Waals surface area contributed by atoms with Crippen molar-refractivity contribution in [3.8, 4) is 5.75 Å². The largest absolute Gasteiger partial charge is 0.497 e. The first-order chi connectivity index (χ1) is 14.9. The van der Waals surface area contributed by atoms with Gasteiger partial charge < -0.3 is 19.4 Å². The predicted molar refractivity (Wildman–Crippen MR) is 125 cm³/mol. The Balaban J connectivity index is 1.35. The molecule has 0 bridgehead atoms. The van der Waals surface area contributed by atoms with Crippen molar-refractivity contribution in [2.45, 2.75) is 52.0 Å². The zero-order chi connectivity index (χ0) is 22.0. The molecular weight excluding hydrogens is 388 g/mol. The number of hydrogen-bond donors (Lipinski definition) is 1. The Labute approximate surface area is 184 Å².